The first-order chi connectivity index (χ1) is 45.5. The predicted molar refractivity (Wildman–Crippen MR) is 382 cm³/mol. The molecule has 426 valence electrons. The van der Waals surface area contributed by atoms with Crippen LogP contribution in [0, 0.1) is 22.7 Å². The number of benzene rings is 14. The van der Waals surface area contributed by atoms with Crippen molar-refractivity contribution in [2.75, 3.05) is 9.80 Å². The Morgan fingerprint density at radius 3 is 1.15 bits per heavy atom. The molecule has 14 aromatic carbocycles. The van der Waals surface area contributed by atoms with Crippen LogP contribution in [0.2, 0.25) is 0 Å². The molecular weight excluding hydrogens is 1110 g/mol. The van der Waals surface area contributed by atoms with Gasteiger partial charge in [-0.15, -0.1) is 0 Å². The maximum absolute atomic E-state index is 10.2. The number of rotatable bonds is 10. The highest BCUT2D eigenvalue weighted by Crippen LogP contribution is 2.49. The van der Waals surface area contributed by atoms with Gasteiger partial charge in [-0.2, -0.15) is 10.5 Å². The van der Waals surface area contributed by atoms with Crippen LogP contribution < -0.4 is 26.2 Å². The summed E-state index contributed by atoms with van der Waals surface area (Å²) >= 11 is 0. The first-order valence-corrected chi connectivity index (χ1v) is 31.2. The molecule has 0 unspecified atom stereocenters. The van der Waals surface area contributed by atoms with Gasteiger partial charge in [-0.25, -0.2) is 0 Å². The molecule has 0 N–H and O–H groups in total. The largest absolute Gasteiger partial charge is 0.311 e. The summed E-state index contributed by atoms with van der Waals surface area (Å²) in [5, 5.41) is 22.4. The lowest BCUT2D eigenvalue weighted by molar-refractivity contribution is 1.18. The Kier molecular flexibility index (Phi) is 13.0. The Balaban J connectivity index is 0.921. The van der Waals surface area contributed by atoms with Crippen molar-refractivity contribution < 1.29 is 0 Å². The van der Waals surface area contributed by atoms with Gasteiger partial charge in [0.25, 0.3) is 6.71 Å². The summed E-state index contributed by atoms with van der Waals surface area (Å²) in [4.78, 5) is 5.04. The van der Waals surface area contributed by atoms with Crippen molar-refractivity contribution in [2.24, 2.45) is 0 Å². The van der Waals surface area contributed by atoms with Gasteiger partial charge in [0.15, 0.2) is 0 Å². The summed E-state index contributed by atoms with van der Waals surface area (Å²) in [5.41, 5.74) is 29.9. The molecule has 17 rings (SSSR count). The van der Waals surface area contributed by atoms with Crippen molar-refractivity contribution in [2.45, 2.75) is 0 Å². The lowest BCUT2D eigenvalue weighted by Gasteiger charge is -2.44. The summed E-state index contributed by atoms with van der Waals surface area (Å²) in [7, 11) is 0. The first kappa shape index (κ1) is 53.7. The molecule has 0 saturated heterocycles. The lowest BCUT2D eigenvalue weighted by Crippen LogP contribution is -2.61. The second-order valence-corrected chi connectivity index (χ2v) is 23.8. The highest BCUT2D eigenvalue weighted by molar-refractivity contribution is 7.00. The Morgan fingerprint density at radius 1 is 0.250 bits per heavy atom. The Morgan fingerprint density at radius 2 is 0.630 bits per heavy atom. The zero-order valence-corrected chi connectivity index (χ0v) is 50.0. The fourth-order valence-corrected chi connectivity index (χ4v) is 14.3. The molecule has 15 aromatic rings. The smallest absolute Gasteiger partial charge is 0.252 e. The second-order valence-electron chi connectivity index (χ2n) is 23.8. The summed E-state index contributed by atoms with van der Waals surface area (Å²) < 4.78 is 2.38. The lowest BCUT2D eigenvalue weighted by atomic mass is 9.33. The van der Waals surface area contributed by atoms with Crippen molar-refractivity contribution in [1.82, 2.24) is 4.57 Å². The van der Waals surface area contributed by atoms with Crippen LogP contribution in [0.5, 0.6) is 0 Å². The highest BCUT2D eigenvalue weighted by Gasteiger charge is 2.44. The van der Waals surface area contributed by atoms with Crippen molar-refractivity contribution >= 4 is 79.0 Å². The predicted octanol–water partition coefficient (Wildman–Crippen LogP) is 20.3. The van der Waals surface area contributed by atoms with E-state index in [0.717, 1.165) is 106 Å². The van der Waals surface area contributed by atoms with E-state index in [0.29, 0.717) is 11.1 Å². The summed E-state index contributed by atoms with van der Waals surface area (Å²) in [6.07, 6.45) is 0. The fourth-order valence-electron chi connectivity index (χ4n) is 14.3. The normalized spacial score (nSPS) is 12.0. The summed E-state index contributed by atoms with van der Waals surface area (Å²) in [6.45, 7) is -0.156. The molecule has 0 saturated carbocycles. The van der Waals surface area contributed by atoms with E-state index in [4.69, 9.17) is 0 Å². The van der Waals surface area contributed by atoms with Gasteiger partial charge in [-0.3, -0.25) is 0 Å². The third-order valence-corrected chi connectivity index (χ3v) is 18.6. The highest BCUT2D eigenvalue weighted by atomic mass is 15.2. The summed E-state index contributed by atoms with van der Waals surface area (Å²) in [6, 6.07) is 123. The average Bonchev–Trinajstić information content (AvgIpc) is 0.787. The van der Waals surface area contributed by atoms with E-state index in [1.165, 1.54) is 49.8 Å². The topological polar surface area (TPSA) is 59.0 Å². The minimum Gasteiger partial charge on any atom is -0.311 e. The quantitative estimate of drug-likeness (QED) is 0.128. The van der Waals surface area contributed by atoms with Gasteiger partial charge in [-0.05, 0) is 192 Å². The molecule has 0 atom stereocenters. The standard InChI is InChI=1S/C86H54BN5/c88-55-57-17-15-27-65(47-57)66-35-43-80(75(49-66)70-28-16-18-58(48-70)56-89)92-79-30-14-13-29-74(79)76-50-67(36-44-81(76)92)71-53-84-86-85(54-71)91(73-41-33-64(34-42-73)60-21-7-2-8-22-60)83-46-38-69(62-25-11-4-12-26-62)52-78(83)87(86)77-51-68(61-23-9-3-10-24-61)37-45-82(77)90(84)72-39-31-63(32-40-72)59-19-5-1-6-20-59/h1-54H. The number of anilines is 6. The number of fused-ring (bicyclic) bond motifs is 7. The van der Waals surface area contributed by atoms with E-state index in [1.807, 2.05) is 42.5 Å². The van der Waals surface area contributed by atoms with Gasteiger partial charge in [0.2, 0.25) is 0 Å². The maximum atomic E-state index is 10.2. The van der Waals surface area contributed by atoms with E-state index in [1.54, 1.807) is 0 Å². The van der Waals surface area contributed by atoms with Crippen LogP contribution in [0.15, 0.2) is 328 Å². The summed E-state index contributed by atoms with van der Waals surface area (Å²) in [5.74, 6) is 0. The number of hydrogen-bond donors (Lipinski definition) is 0. The van der Waals surface area contributed by atoms with E-state index in [9.17, 15) is 10.5 Å². The van der Waals surface area contributed by atoms with Crippen molar-refractivity contribution in [1.29, 1.82) is 10.5 Å². The Labute approximate surface area is 535 Å². The van der Waals surface area contributed by atoms with Crippen LogP contribution in [0.3, 0.4) is 0 Å². The van der Waals surface area contributed by atoms with Crippen molar-refractivity contribution in [3.63, 3.8) is 0 Å². The maximum Gasteiger partial charge on any atom is 0.252 e. The van der Waals surface area contributed by atoms with Crippen LogP contribution in [0.25, 0.3) is 105 Å². The van der Waals surface area contributed by atoms with Gasteiger partial charge < -0.3 is 14.4 Å². The van der Waals surface area contributed by atoms with E-state index < -0.39 is 0 Å². The number of aromatic nitrogens is 1. The average molecular weight is 1170 g/mol. The molecule has 0 bridgehead atoms. The number of para-hydroxylation sites is 1. The Bertz CT molecular complexity index is 5270. The number of nitrogens with zero attached hydrogens (tertiary/aromatic N) is 5. The van der Waals surface area contributed by atoms with Gasteiger partial charge in [-0.1, -0.05) is 224 Å². The van der Waals surface area contributed by atoms with Gasteiger partial charge >= 0.3 is 0 Å². The third kappa shape index (κ3) is 9.17. The van der Waals surface area contributed by atoms with Crippen LogP contribution in [0.4, 0.5) is 34.1 Å². The molecular formula is C86H54BN5. The minimum absolute atomic E-state index is 0.156. The van der Waals surface area contributed by atoms with Crippen molar-refractivity contribution in [3.05, 3.63) is 339 Å². The van der Waals surface area contributed by atoms with E-state index in [2.05, 4.69) is 312 Å². The molecule has 0 fully saturated rings. The molecule has 1 aromatic heterocycles. The SMILES string of the molecule is N#Cc1cccc(-c2ccc(-n3c4ccccc4c4cc(-c5cc6c7c(c5)N(c5ccc(-c8ccccc8)cc5)c5ccc(-c8ccccc8)cc5B7c5cc(-c7ccccc7)ccc5N6c5ccc(-c6ccccc6)cc5)ccc43)c(-c3cccc(C#N)c3)c2)c1. The monoisotopic (exact) mass is 1170 g/mol. The zero-order valence-electron chi connectivity index (χ0n) is 50.0. The molecule has 0 amide bonds. The fraction of sp³-hybridized carbons (Fsp3) is 0. The molecule has 0 spiro atoms. The van der Waals surface area contributed by atoms with Crippen LogP contribution in [-0.4, -0.2) is 11.3 Å². The van der Waals surface area contributed by atoms with Gasteiger partial charge in [0.1, 0.15) is 0 Å². The molecule has 2 aliphatic rings. The van der Waals surface area contributed by atoms with Crippen LogP contribution in [0.1, 0.15) is 11.1 Å². The van der Waals surface area contributed by atoms with Crippen molar-refractivity contribution in [3.8, 4) is 95.7 Å². The van der Waals surface area contributed by atoms with E-state index in [-0.39, 0.29) is 6.71 Å². The van der Waals surface area contributed by atoms with E-state index >= 15 is 0 Å². The first-order valence-electron chi connectivity index (χ1n) is 31.2. The minimum atomic E-state index is -0.156. The number of nitriles is 2. The van der Waals surface area contributed by atoms with Gasteiger partial charge in [0.05, 0.1) is 40.0 Å². The second kappa shape index (κ2) is 22.3. The van der Waals surface area contributed by atoms with Crippen LogP contribution >= 0.6 is 0 Å². The van der Waals surface area contributed by atoms with Crippen LogP contribution in [-0.2, 0) is 0 Å². The number of hydrogen-bond acceptors (Lipinski definition) is 4. The van der Waals surface area contributed by atoms with Gasteiger partial charge in [0, 0.05) is 50.5 Å². The molecule has 0 aliphatic carbocycles. The molecule has 3 heterocycles. The molecule has 2 aliphatic heterocycles. The zero-order chi connectivity index (χ0) is 61.2. The molecule has 6 heteroatoms. The third-order valence-electron chi connectivity index (χ3n) is 18.6. The molecule has 5 nitrogen and oxygen atoms in total. The molecule has 0 radical (unpaired) electrons. The Hall–Kier alpha value is -12.5. The molecule has 92 heavy (non-hydrogen) atoms.